The first-order chi connectivity index (χ1) is 13.6. The Labute approximate surface area is 160 Å². The molecule has 28 heavy (non-hydrogen) atoms. The first-order valence-corrected chi connectivity index (χ1v) is 9.06. The fourth-order valence-corrected chi connectivity index (χ4v) is 2.71. The number of rotatable bonds is 7. The highest BCUT2D eigenvalue weighted by atomic mass is 19.1. The van der Waals surface area contributed by atoms with Gasteiger partial charge in [0.15, 0.2) is 5.69 Å². The number of hydrogen-bond acceptors (Lipinski definition) is 6. The minimum absolute atomic E-state index is 0.157. The zero-order chi connectivity index (χ0) is 19.5. The number of ether oxygens (including phenoxy) is 1. The fraction of sp³-hybridized carbons (Fsp3) is 0.300. The number of amides is 1. The Morgan fingerprint density at radius 1 is 1.21 bits per heavy atom. The molecule has 0 saturated heterocycles. The summed E-state index contributed by atoms with van der Waals surface area (Å²) in [5.74, 6) is 0.923. The van der Waals surface area contributed by atoms with Gasteiger partial charge < -0.3 is 14.6 Å². The molecule has 0 radical (unpaired) electrons. The van der Waals surface area contributed by atoms with E-state index in [1.165, 1.54) is 25.0 Å². The number of carbonyl (C=O) groups excluding carboxylic acids is 1. The molecule has 1 amide bonds. The molecule has 144 valence electrons. The van der Waals surface area contributed by atoms with E-state index in [9.17, 15) is 9.18 Å². The maximum atomic E-state index is 13.1. The van der Waals surface area contributed by atoms with Gasteiger partial charge in [-0.05, 0) is 56.0 Å². The van der Waals surface area contributed by atoms with E-state index in [1.54, 1.807) is 31.2 Å². The van der Waals surface area contributed by atoms with Crippen LogP contribution in [-0.2, 0) is 6.61 Å². The zero-order valence-electron chi connectivity index (χ0n) is 15.3. The maximum Gasteiger partial charge on any atom is 0.271 e. The summed E-state index contributed by atoms with van der Waals surface area (Å²) in [6, 6.07) is 9.16. The van der Waals surface area contributed by atoms with Crippen molar-refractivity contribution in [3.05, 3.63) is 59.2 Å². The number of benzene rings is 1. The van der Waals surface area contributed by atoms with E-state index >= 15 is 0 Å². The predicted octanol–water partition coefficient (Wildman–Crippen LogP) is 3.30. The highest BCUT2D eigenvalue weighted by Gasteiger charge is 2.22. The second kappa shape index (κ2) is 7.75. The zero-order valence-corrected chi connectivity index (χ0v) is 15.3. The van der Waals surface area contributed by atoms with Gasteiger partial charge in [0.2, 0.25) is 5.88 Å². The lowest BCUT2D eigenvalue weighted by molar-refractivity contribution is 0.0945. The van der Waals surface area contributed by atoms with Gasteiger partial charge in [0.05, 0.1) is 5.56 Å². The maximum absolute atomic E-state index is 13.1. The van der Waals surface area contributed by atoms with E-state index in [1.807, 2.05) is 0 Å². The van der Waals surface area contributed by atoms with Crippen molar-refractivity contribution in [2.75, 3.05) is 6.54 Å². The molecule has 1 aromatic carbocycles. The van der Waals surface area contributed by atoms with Crippen LogP contribution in [0.15, 0.2) is 40.9 Å². The van der Waals surface area contributed by atoms with Crippen molar-refractivity contribution in [3.8, 4) is 17.1 Å². The first kappa shape index (κ1) is 18.1. The van der Waals surface area contributed by atoms with E-state index in [-0.39, 0.29) is 29.9 Å². The first-order valence-electron chi connectivity index (χ1n) is 9.06. The minimum atomic E-state index is -0.321. The summed E-state index contributed by atoms with van der Waals surface area (Å²) in [4.78, 5) is 12.0. The van der Waals surface area contributed by atoms with Crippen LogP contribution in [0.25, 0.3) is 11.3 Å². The van der Waals surface area contributed by atoms with Crippen molar-refractivity contribution in [2.45, 2.75) is 26.4 Å². The van der Waals surface area contributed by atoms with Crippen molar-refractivity contribution in [2.24, 2.45) is 5.92 Å². The average Bonchev–Trinajstić information content (AvgIpc) is 3.47. The highest BCUT2D eigenvalue weighted by Crippen LogP contribution is 2.28. The molecule has 0 unspecified atom stereocenters. The van der Waals surface area contributed by atoms with Crippen LogP contribution in [0.2, 0.25) is 0 Å². The Morgan fingerprint density at radius 2 is 2.00 bits per heavy atom. The third-order valence-corrected chi connectivity index (χ3v) is 4.59. The van der Waals surface area contributed by atoms with E-state index < -0.39 is 0 Å². The fourth-order valence-electron chi connectivity index (χ4n) is 2.71. The number of aromatic nitrogens is 3. The Bertz CT molecular complexity index is 966. The molecule has 0 aliphatic heterocycles. The molecule has 2 heterocycles. The lowest BCUT2D eigenvalue weighted by Gasteiger charge is -2.07. The average molecular weight is 382 g/mol. The number of hydrogen-bond donors (Lipinski definition) is 1. The van der Waals surface area contributed by atoms with Crippen LogP contribution in [-0.4, -0.2) is 27.8 Å². The lowest BCUT2D eigenvalue weighted by Crippen LogP contribution is -2.26. The normalized spacial score (nSPS) is 13.4. The quantitative estimate of drug-likeness (QED) is 0.674. The van der Waals surface area contributed by atoms with Gasteiger partial charge in [-0.1, -0.05) is 5.16 Å². The SMILES string of the molecule is Cc1onc(-c2ccc(F)cc2)c1COc1ccc(C(=O)NCC2CC2)nn1. The molecule has 1 N–H and O–H groups in total. The topological polar surface area (TPSA) is 90.1 Å². The third-order valence-electron chi connectivity index (χ3n) is 4.59. The van der Waals surface area contributed by atoms with Gasteiger partial charge in [-0.15, -0.1) is 10.2 Å². The second-order valence-electron chi connectivity index (χ2n) is 6.77. The van der Waals surface area contributed by atoms with Gasteiger partial charge in [0.25, 0.3) is 5.91 Å². The van der Waals surface area contributed by atoms with Crippen molar-refractivity contribution < 1.29 is 18.4 Å². The minimum Gasteiger partial charge on any atom is -0.472 e. The Morgan fingerprint density at radius 3 is 2.68 bits per heavy atom. The number of halogens is 1. The van der Waals surface area contributed by atoms with Gasteiger partial charge in [0, 0.05) is 18.2 Å². The monoisotopic (exact) mass is 382 g/mol. The molecule has 0 bridgehead atoms. The third kappa shape index (κ3) is 4.16. The largest absolute Gasteiger partial charge is 0.472 e. The van der Waals surface area contributed by atoms with Crippen LogP contribution in [0.1, 0.15) is 34.7 Å². The van der Waals surface area contributed by atoms with Crippen molar-refractivity contribution in [1.29, 1.82) is 0 Å². The summed E-state index contributed by atoms with van der Waals surface area (Å²) in [6.07, 6.45) is 2.34. The summed E-state index contributed by atoms with van der Waals surface area (Å²) in [5, 5.41) is 14.8. The molecule has 8 heteroatoms. The standard InChI is InChI=1S/C20H19FN4O3/c1-12-16(19(25-28-12)14-4-6-15(21)7-5-14)11-27-18-9-8-17(23-24-18)20(26)22-10-13-2-3-13/h4-9,13H,2-3,10-11H2,1H3,(H,22,26). The molecular weight excluding hydrogens is 363 g/mol. The summed E-state index contributed by atoms with van der Waals surface area (Å²) in [6.45, 7) is 2.61. The molecular formula is C20H19FN4O3. The van der Waals surface area contributed by atoms with Gasteiger partial charge >= 0.3 is 0 Å². The van der Waals surface area contributed by atoms with Crippen molar-refractivity contribution >= 4 is 5.91 Å². The smallest absolute Gasteiger partial charge is 0.271 e. The van der Waals surface area contributed by atoms with Crippen LogP contribution in [0.4, 0.5) is 4.39 Å². The molecule has 1 aliphatic rings. The van der Waals surface area contributed by atoms with Gasteiger partial charge in [-0.3, -0.25) is 4.79 Å². The van der Waals surface area contributed by atoms with Gasteiger partial charge in [-0.2, -0.15) is 0 Å². The summed E-state index contributed by atoms with van der Waals surface area (Å²) in [7, 11) is 0. The van der Waals surface area contributed by atoms with Gasteiger partial charge in [0.1, 0.15) is 23.9 Å². The van der Waals surface area contributed by atoms with E-state index in [0.717, 1.165) is 11.1 Å². The van der Waals surface area contributed by atoms with Crippen LogP contribution >= 0.6 is 0 Å². The van der Waals surface area contributed by atoms with E-state index in [2.05, 4.69) is 20.7 Å². The molecule has 7 nitrogen and oxygen atoms in total. The van der Waals surface area contributed by atoms with Crippen molar-refractivity contribution in [3.63, 3.8) is 0 Å². The van der Waals surface area contributed by atoms with Crippen LogP contribution in [0, 0.1) is 18.7 Å². The molecule has 1 fully saturated rings. The Balaban J connectivity index is 1.41. The van der Waals surface area contributed by atoms with Gasteiger partial charge in [-0.25, -0.2) is 4.39 Å². The Kier molecular flexibility index (Phi) is 5.01. The molecule has 1 aliphatic carbocycles. The summed E-state index contributed by atoms with van der Waals surface area (Å²) in [5.41, 5.74) is 2.30. The second-order valence-corrected chi connectivity index (χ2v) is 6.77. The van der Waals surface area contributed by atoms with Crippen LogP contribution in [0.5, 0.6) is 5.88 Å². The number of nitrogens with one attached hydrogen (secondary N) is 1. The molecule has 4 rings (SSSR count). The number of nitrogens with zero attached hydrogens (tertiary/aromatic N) is 3. The molecule has 2 aromatic heterocycles. The Hall–Kier alpha value is -3.29. The summed E-state index contributed by atoms with van der Waals surface area (Å²) < 4.78 is 24.1. The highest BCUT2D eigenvalue weighted by molar-refractivity contribution is 5.92. The van der Waals surface area contributed by atoms with E-state index in [0.29, 0.717) is 23.9 Å². The summed E-state index contributed by atoms with van der Waals surface area (Å²) >= 11 is 0. The molecule has 0 spiro atoms. The van der Waals surface area contributed by atoms with Crippen LogP contribution in [0.3, 0.4) is 0 Å². The molecule has 0 atom stereocenters. The number of carbonyl (C=O) groups is 1. The predicted molar refractivity (Wildman–Crippen MR) is 98.1 cm³/mol. The molecule has 3 aromatic rings. The van der Waals surface area contributed by atoms with E-state index in [4.69, 9.17) is 9.26 Å². The lowest BCUT2D eigenvalue weighted by atomic mass is 10.1. The molecule has 1 saturated carbocycles. The number of aryl methyl sites for hydroxylation is 1. The van der Waals surface area contributed by atoms with Crippen LogP contribution < -0.4 is 10.1 Å². The van der Waals surface area contributed by atoms with Crippen molar-refractivity contribution in [1.82, 2.24) is 20.7 Å².